The van der Waals surface area contributed by atoms with Crippen LogP contribution in [-0.4, -0.2) is 45.9 Å². The number of thiophene rings is 1. The van der Waals surface area contributed by atoms with Crippen LogP contribution in [0.2, 0.25) is 0 Å². The molecule has 26 heavy (non-hydrogen) atoms. The largest absolute Gasteiger partial charge is 0.397 e. The molecule has 1 unspecified atom stereocenters. The van der Waals surface area contributed by atoms with Crippen molar-refractivity contribution in [2.45, 2.75) is 25.1 Å². The number of anilines is 1. The molecular formula is C15H15F5N4OS. The van der Waals surface area contributed by atoms with Crippen LogP contribution in [0.25, 0.3) is 0 Å². The van der Waals surface area contributed by atoms with Crippen molar-refractivity contribution in [1.29, 1.82) is 0 Å². The SMILES string of the molecule is O=C(Nc1ccn(Cc2ccsc2)n1)N1CCC(C(F)(F)F)C(F)(F)C1. The number of rotatable bonds is 3. The molecule has 0 aliphatic carbocycles. The van der Waals surface area contributed by atoms with Crippen LogP contribution in [0.4, 0.5) is 32.6 Å². The number of carbonyl (C=O) groups excluding carboxylic acids is 1. The number of nitrogens with zero attached hydrogens (tertiary/aromatic N) is 3. The molecule has 0 saturated carbocycles. The first-order valence-electron chi connectivity index (χ1n) is 7.70. The highest BCUT2D eigenvalue weighted by Crippen LogP contribution is 2.43. The normalized spacial score (nSPS) is 20.2. The van der Waals surface area contributed by atoms with Gasteiger partial charge in [-0.2, -0.15) is 29.6 Å². The first-order chi connectivity index (χ1) is 12.1. The fourth-order valence-corrected chi connectivity index (χ4v) is 3.45. The highest BCUT2D eigenvalue weighted by atomic mass is 32.1. The van der Waals surface area contributed by atoms with Gasteiger partial charge in [-0.05, 0) is 28.8 Å². The Morgan fingerprint density at radius 3 is 2.77 bits per heavy atom. The van der Waals surface area contributed by atoms with E-state index in [1.165, 1.54) is 17.4 Å². The highest BCUT2D eigenvalue weighted by molar-refractivity contribution is 7.07. The predicted molar refractivity (Wildman–Crippen MR) is 85.3 cm³/mol. The Morgan fingerprint density at radius 2 is 2.15 bits per heavy atom. The van der Waals surface area contributed by atoms with E-state index < -0.39 is 43.6 Å². The number of likely N-dealkylation sites (tertiary alicyclic amines) is 1. The van der Waals surface area contributed by atoms with Gasteiger partial charge < -0.3 is 4.90 Å². The van der Waals surface area contributed by atoms with Gasteiger partial charge in [-0.1, -0.05) is 0 Å². The molecule has 1 aliphatic rings. The van der Waals surface area contributed by atoms with Crippen LogP contribution < -0.4 is 5.32 Å². The van der Waals surface area contributed by atoms with Crippen LogP contribution in [0.1, 0.15) is 12.0 Å². The summed E-state index contributed by atoms with van der Waals surface area (Å²) in [5, 5.41) is 10.3. The molecule has 1 aliphatic heterocycles. The second-order valence-corrected chi connectivity index (χ2v) is 6.81. The van der Waals surface area contributed by atoms with Crippen molar-refractivity contribution in [2.24, 2.45) is 5.92 Å². The molecule has 0 radical (unpaired) electrons. The summed E-state index contributed by atoms with van der Waals surface area (Å²) in [5.41, 5.74) is 1.02. The van der Waals surface area contributed by atoms with E-state index in [-0.39, 0.29) is 5.82 Å². The number of piperidine rings is 1. The van der Waals surface area contributed by atoms with Gasteiger partial charge >= 0.3 is 12.2 Å². The minimum atomic E-state index is -4.99. The average molecular weight is 394 g/mol. The van der Waals surface area contributed by atoms with Crippen LogP contribution in [-0.2, 0) is 6.54 Å². The van der Waals surface area contributed by atoms with E-state index in [4.69, 9.17) is 0 Å². The lowest BCUT2D eigenvalue weighted by Crippen LogP contribution is -2.55. The van der Waals surface area contributed by atoms with Crippen LogP contribution in [0, 0.1) is 5.92 Å². The maximum atomic E-state index is 13.8. The molecule has 0 aromatic carbocycles. The minimum Gasteiger partial charge on any atom is -0.318 e. The zero-order valence-electron chi connectivity index (χ0n) is 13.3. The van der Waals surface area contributed by atoms with Gasteiger partial charge in [-0.15, -0.1) is 0 Å². The second kappa shape index (κ2) is 6.86. The third-order valence-electron chi connectivity index (χ3n) is 4.08. The number of nitrogens with one attached hydrogen (secondary N) is 1. The van der Waals surface area contributed by atoms with Crippen LogP contribution in [0.3, 0.4) is 0 Å². The van der Waals surface area contributed by atoms with E-state index in [2.05, 4.69) is 10.4 Å². The average Bonchev–Trinajstić information content (AvgIpc) is 3.17. The number of halogens is 5. The molecule has 5 nitrogen and oxygen atoms in total. The third-order valence-corrected chi connectivity index (χ3v) is 4.81. The maximum absolute atomic E-state index is 13.8. The number of carbonyl (C=O) groups is 1. The van der Waals surface area contributed by atoms with Crippen molar-refractivity contribution in [3.8, 4) is 0 Å². The van der Waals surface area contributed by atoms with Crippen LogP contribution >= 0.6 is 11.3 Å². The summed E-state index contributed by atoms with van der Waals surface area (Å²) in [6.45, 7) is -1.20. The Morgan fingerprint density at radius 1 is 1.38 bits per heavy atom. The maximum Gasteiger partial charge on any atom is 0.397 e. The molecule has 3 rings (SSSR count). The molecule has 2 aromatic rings. The Bertz CT molecular complexity index is 758. The zero-order chi connectivity index (χ0) is 18.9. The quantitative estimate of drug-likeness (QED) is 0.799. The molecule has 1 fully saturated rings. The Balaban J connectivity index is 1.60. The van der Waals surface area contributed by atoms with Crippen molar-refractivity contribution < 1.29 is 26.7 Å². The number of aromatic nitrogens is 2. The third kappa shape index (κ3) is 4.14. The molecule has 11 heteroatoms. The summed E-state index contributed by atoms with van der Waals surface area (Å²) in [4.78, 5) is 12.8. The van der Waals surface area contributed by atoms with Gasteiger partial charge in [-0.3, -0.25) is 10.00 Å². The van der Waals surface area contributed by atoms with Crippen LogP contribution in [0.5, 0.6) is 0 Å². The monoisotopic (exact) mass is 394 g/mol. The number of alkyl halides is 5. The summed E-state index contributed by atoms with van der Waals surface area (Å²) in [6.07, 6.45) is -4.22. The minimum absolute atomic E-state index is 0.145. The van der Waals surface area contributed by atoms with E-state index in [1.807, 2.05) is 16.8 Å². The molecule has 1 atom stereocenters. The summed E-state index contributed by atoms with van der Waals surface area (Å²) in [7, 11) is 0. The summed E-state index contributed by atoms with van der Waals surface area (Å²) >= 11 is 1.53. The number of urea groups is 1. The number of hydrogen-bond donors (Lipinski definition) is 1. The van der Waals surface area contributed by atoms with Crippen molar-refractivity contribution in [3.63, 3.8) is 0 Å². The number of hydrogen-bond acceptors (Lipinski definition) is 3. The van der Waals surface area contributed by atoms with Crippen molar-refractivity contribution in [3.05, 3.63) is 34.7 Å². The molecule has 1 saturated heterocycles. The van der Waals surface area contributed by atoms with Crippen LogP contribution in [0.15, 0.2) is 29.1 Å². The smallest absolute Gasteiger partial charge is 0.318 e. The summed E-state index contributed by atoms with van der Waals surface area (Å²) < 4.78 is 67.1. The Labute approximate surface area is 149 Å². The second-order valence-electron chi connectivity index (χ2n) is 6.03. The molecular weight excluding hydrogens is 379 g/mol. The van der Waals surface area contributed by atoms with Crippen molar-refractivity contribution >= 4 is 23.2 Å². The first-order valence-corrected chi connectivity index (χ1v) is 8.64. The highest BCUT2D eigenvalue weighted by Gasteiger charge is 2.58. The van der Waals surface area contributed by atoms with Gasteiger partial charge in [0.25, 0.3) is 5.92 Å². The molecule has 0 spiro atoms. The first kappa shape index (κ1) is 18.6. The lowest BCUT2D eigenvalue weighted by atomic mass is 9.92. The van der Waals surface area contributed by atoms with Gasteiger partial charge in [0, 0.05) is 18.8 Å². The lowest BCUT2D eigenvalue weighted by Gasteiger charge is -2.38. The van der Waals surface area contributed by atoms with Gasteiger partial charge in [0.2, 0.25) is 0 Å². The molecule has 0 bridgehead atoms. The van der Waals surface area contributed by atoms with Crippen molar-refractivity contribution in [2.75, 3.05) is 18.4 Å². The number of amides is 2. The van der Waals surface area contributed by atoms with E-state index in [0.717, 1.165) is 5.56 Å². The van der Waals surface area contributed by atoms with E-state index in [9.17, 15) is 26.7 Å². The standard InChI is InChI=1S/C15H15F5N4OS/c16-14(17)9-23(4-1-11(14)15(18,19)20)13(25)21-12-2-5-24(22-12)7-10-3-6-26-8-10/h2-3,5-6,8,11H,1,4,7,9H2,(H,21,22,25). The lowest BCUT2D eigenvalue weighted by molar-refractivity contribution is -0.254. The van der Waals surface area contributed by atoms with Gasteiger partial charge in [0.15, 0.2) is 5.82 Å². The molecule has 3 heterocycles. The van der Waals surface area contributed by atoms with E-state index in [0.29, 0.717) is 11.4 Å². The van der Waals surface area contributed by atoms with E-state index >= 15 is 0 Å². The molecule has 2 aromatic heterocycles. The molecule has 142 valence electrons. The Kier molecular flexibility index (Phi) is 4.91. The van der Waals surface area contributed by atoms with E-state index in [1.54, 1.807) is 10.9 Å². The topological polar surface area (TPSA) is 50.2 Å². The summed E-state index contributed by atoms with van der Waals surface area (Å²) in [5.74, 6) is -6.61. The fourth-order valence-electron chi connectivity index (χ4n) is 2.79. The predicted octanol–water partition coefficient (Wildman–Crippen LogP) is 4.04. The fraction of sp³-hybridized carbons (Fsp3) is 0.467. The zero-order valence-corrected chi connectivity index (χ0v) is 14.2. The van der Waals surface area contributed by atoms with Gasteiger partial charge in [0.1, 0.15) is 5.92 Å². The van der Waals surface area contributed by atoms with Crippen molar-refractivity contribution in [1.82, 2.24) is 14.7 Å². The Hall–Kier alpha value is -2.17. The van der Waals surface area contributed by atoms with Gasteiger partial charge in [-0.25, -0.2) is 13.6 Å². The molecule has 2 amide bonds. The van der Waals surface area contributed by atoms with Gasteiger partial charge in [0.05, 0.1) is 13.1 Å². The molecule has 1 N–H and O–H groups in total. The summed E-state index contributed by atoms with van der Waals surface area (Å²) in [6, 6.07) is 2.51.